The first-order valence-corrected chi connectivity index (χ1v) is 10.6. The van der Waals surface area contributed by atoms with Crippen LogP contribution in [0.2, 0.25) is 0 Å². The molecule has 1 saturated heterocycles. The molecule has 1 unspecified atom stereocenters. The summed E-state index contributed by atoms with van der Waals surface area (Å²) in [5, 5.41) is 2.75. The minimum atomic E-state index is -2.91. The summed E-state index contributed by atoms with van der Waals surface area (Å²) in [5.41, 5.74) is 1.20. The lowest BCUT2D eigenvalue weighted by Gasteiger charge is -2.38. The molecular formula is C23H25F2N3O4. The number of benzene rings is 2. The van der Waals surface area contributed by atoms with E-state index < -0.39 is 12.7 Å². The van der Waals surface area contributed by atoms with Crippen molar-refractivity contribution in [2.24, 2.45) is 0 Å². The molecule has 0 radical (unpaired) electrons. The Morgan fingerprint density at radius 2 is 1.78 bits per heavy atom. The van der Waals surface area contributed by atoms with Crippen LogP contribution in [-0.4, -0.2) is 55.6 Å². The van der Waals surface area contributed by atoms with E-state index in [9.17, 15) is 18.4 Å². The van der Waals surface area contributed by atoms with Gasteiger partial charge in [-0.25, -0.2) is 0 Å². The number of fused-ring (bicyclic) bond motifs is 1. The fourth-order valence-electron chi connectivity index (χ4n) is 4.00. The summed E-state index contributed by atoms with van der Waals surface area (Å²) in [6, 6.07) is 13.0. The predicted octanol–water partition coefficient (Wildman–Crippen LogP) is 3.51. The third-order valence-corrected chi connectivity index (χ3v) is 5.50. The monoisotopic (exact) mass is 445 g/mol. The highest BCUT2D eigenvalue weighted by molar-refractivity contribution is 5.95. The largest absolute Gasteiger partial charge is 0.477 e. The SMILES string of the molecule is O=C(CN1CC(C(=O)N2CCCCC2)Oc2ccccc21)Nc1ccc(OC(F)F)cc1. The minimum Gasteiger partial charge on any atom is -0.477 e. The summed E-state index contributed by atoms with van der Waals surface area (Å²) in [5.74, 6) is 0.224. The highest BCUT2D eigenvalue weighted by Crippen LogP contribution is 2.33. The number of para-hydroxylation sites is 2. The van der Waals surface area contributed by atoms with Crippen molar-refractivity contribution in [3.05, 3.63) is 48.5 Å². The number of likely N-dealkylation sites (tertiary alicyclic amines) is 1. The summed E-state index contributed by atoms with van der Waals surface area (Å²) in [6.45, 7) is -1.17. The van der Waals surface area contributed by atoms with Crippen molar-refractivity contribution in [2.45, 2.75) is 32.0 Å². The molecule has 2 aliphatic heterocycles. The van der Waals surface area contributed by atoms with Crippen molar-refractivity contribution in [2.75, 3.05) is 36.4 Å². The quantitative estimate of drug-likeness (QED) is 0.737. The Morgan fingerprint density at radius 1 is 1.06 bits per heavy atom. The van der Waals surface area contributed by atoms with Crippen molar-refractivity contribution in [3.63, 3.8) is 0 Å². The number of ether oxygens (including phenoxy) is 2. The first-order valence-electron chi connectivity index (χ1n) is 10.6. The average molecular weight is 445 g/mol. The maximum atomic E-state index is 13.0. The maximum absolute atomic E-state index is 13.0. The number of carbonyl (C=O) groups is 2. The molecule has 2 amide bonds. The van der Waals surface area contributed by atoms with E-state index in [-0.39, 0.29) is 30.7 Å². The van der Waals surface area contributed by atoms with Gasteiger partial charge in [0, 0.05) is 18.8 Å². The van der Waals surface area contributed by atoms with Gasteiger partial charge in [-0.05, 0) is 55.7 Å². The first kappa shape index (κ1) is 21.9. The molecule has 0 bridgehead atoms. The predicted molar refractivity (Wildman–Crippen MR) is 115 cm³/mol. The maximum Gasteiger partial charge on any atom is 0.387 e. The number of carbonyl (C=O) groups excluding carboxylic acids is 2. The topological polar surface area (TPSA) is 71.1 Å². The van der Waals surface area contributed by atoms with Crippen LogP contribution in [0.15, 0.2) is 48.5 Å². The molecule has 7 nitrogen and oxygen atoms in total. The van der Waals surface area contributed by atoms with E-state index in [1.165, 1.54) is 24.3 Å². The number of nitrogens with one attached hydrogen (secondary N) is 1. The van der Waals surface area contributed by atoms with E-state index in [0.717, 1.165) is 38.0 Å². The second-order valence-corrected chi connectivity index (χ2v) is 7.79. The molecule has 170 valence electrons. The Balaban J connectivity index is 1.43. The highest BCUT2D eigenvalue weighted by Gasteiger charge is 2.34. The molecule has 32 heavy (non-hydrogen) atoms. The number of rotatable bonds is 6. The molecule has 0 aliphatic carbocycles. The van der Waals surface area contributed by atoms with Crippen molar-refractivity contribution in [3.8, 4) is 11.5 Å². The van der Waals surface area contributed by atoms with Crippen molar-refractivity contribution >= 4 is 23.2 Å². The van der Waals surface area contributed by atoms with Crippen LogP contribution in [-0.2, 0) is 9.59 Å². The van der Waals surface area contributed by atoms with Gasteiger partial charge in [0.15, 0.2) is 6.10 Å². The molecule has 2 aromatic rings. The number of nitrogens with zero attached hydrogens (tertiary/aromatic N) is 2. The van der Waals surface area contributed by atoms with Gasteiger partial charge < -0.3 is 24.6 Å². The number of alkyl halides is 2. The molecule has 0 aromatic heterocycles. The minimum absolute atomic E-state index is 0.0131. The molecule has 0 spiro atoms. The van der Waals surface area contributed by atoms with Gasteiger partial charge in [0.05, 0.1) is 18.8 Å². The molecule has 2 heterocycles. The second kappa shape index (κ2) is 9.84. The molecule has 2 aliphatic rings. The molecule has 4 rings (SSSR count). The van der Waals surface area contributed by atoms with Gasteiger partial charge in [-0.3, -0.25) is 9.59 Å². The Bertz CT molecular complexity index is 949. The van der Waals surface area contributed by atoms with E-state index in [4.69, 9.17) is 4.74 Å². The van der Waals surface area contributed by atoms with Gasteiger partial charge in [-0.1, -0.05) is 12.1 Å². The standard InChI is InChI=1S/C23H25F2N3O4/c24-23(25)31-17-10-8-16(9-11-17)26-21(29)15-28-14-20(22(30)27-12-4-1-5-13-27)32-19-7-3-2-6-18(19)28/h2-3,6-11,20,23H,1,4-5,12-15H2,(H,26,29). The fraction of sp³-hybridized carbons (Fsp3) is 0.391. The number of anilines is 2. The van der Waals surface area contributed by atoms with Crippen LogP contribution in [0, 0.1) is 0 Å². The molecule has 9 heteroatoms. The summed E-state index contributed by atoms with van der Waals surface area (Å²) >= 11 is 0. The van der Waals surface area contributed by atoms with E-state index in [0.29, 0.717) is 11.4 Å². The smallest absolute Gasteiger partial charge is 0.387 e. The molecule has 1 atom stereocenters. The van der Waals surface area contributed by atoms with Crippen LogP contribution in [0.4, 0.5) is 20.2 Å². The normalized spacial score (nSPS) is 18.0. The number of hydrogen-bond acceptors (Lipinski definition) is 5. The summed E-state index contributed by atoms with van der Waals surface area (Å²) in [4.78, 5) is 29.4. The average Bonchev–Trinajstić information content (AvgIpc) is 2.80. The second-order valence-electron chi connectivity index (χ2n) is 7.79. The number of piperidine rings is 1. The summed E-state index contributed by atoms with van der Waals surface area (Å²) < 4.78 is 34.9. The van der Waals surface area contributed by atoms with Crippen LogP contribution in [0.1, 0.15) is 19.3 Å². The van der Waals surface area contributed by atoms with Gasteiger partial charge in [-0.15, -0.1) is 0 Å². The Hall–Kier alpha value is -3.36. The van der Waals surface area contributed by atoms with Crippen LogP contribution >= 0.6 is 0 Å². The third-order valence-electron chi connectivity index (χ3n) is 5.50. The fourth-order valence-corrected chi connectivity index (χ4v) is 4.00. The first-order chi connectivity index (χ1) is 15.5. The zero-order valence-corrected chi connectivity index (χ0v) is 17.5. The van der Waals surface area contributed by atoms with Crippen LogP contribution < -0.4 is 19.7 Å². The van der Waals surface area contributed by atoms with E-state index in [2.05, 4.69) is 10.1 Å². The van der Waals surface area contributed by atoms with Gasteiger partial charge in [0.2, 0.25) is 5.91 Å². The Labute approximate surface area is 184 Å². The molecular weight excluding hydrogens is 420 g/mol. The van der Waals surface area contributed by atoms with Gasteiger partial charge in [0.1, 0.15) is 11.5 Å². The van der Waals surface area contributed by atoms with Crippen molar-refractivity contribution < 1.29 is 27.8 Å². The summed E-state index contributed by atoms with van der Waals surface area (Å²) in [6.07, 6.45) is 2.42. The lowest BCUT2D eigenvalue weighted by molar-refractivity contribution is -0.139. The summed E-state index contributed by atoms with van der Waals surface area (Å²) in [7, 11) is 0. The number of amides is 2. The highest BCUT2D eigenvalue weighted by atomic mass is 19.3. The van der Waals surface area contributed by atoms with Crippen LogP contribution in [0.25, 0.3) is 0 Å². The molecule has 0 saturated carbocycles. The third kappa shape index (κ3) is 5.27. The van der Waals surface area contributed by atoms with Crippen molar-refractivity contribution in [1.82, 2.24) is 4.90 Å². The van der Waals surface area contributed by atoms with Gasteiger partial charge in [-0.2, -0.15) is 8.78 Å². The Morgan fingerprint density at radius 3 is 2.50 bits per heavy atom. The van der Waals surface area contributed by atoms with E-state index >= 15 is 0 Å². The van der Waals surface area contributed by atoms with Gasteiger partial charge >= 0.3 is 6.61 Å². The van der Waals surface area contributed by atoms with Crippen molar-refractivity contribution in [1.29, 1.82) is 0 Å². The molecule has 1 fully saturated rings. The zero-order valence-electron chi connectivity index (χ0n) is 17.5. The lowest BCUT2D eigenvalue weighted by Crippen LogP contribution is -2.52. The number of hydrogen-bond donors (Lipinski definition) is 1. The van der Waals surface area contributed by atoms with Gasteiger partial charge in [0.25, 0.3) is 5.91 Å². The number of halogens is 2. The van der Waals surface area contributed by atoms with E-state index in [1.54, 1.807) is 6.07 Å². The van der Waals surface area contributed by atoms with E-state index in [1.807, 2.05) is 28.0 Å². The van der Waals surface area contributed by atoms with Crippen LogP contribution in [0.3, 0.4) is 0 Å². The van der Waals surface area contributed by atoms with Crippen LogP contribution in [0.5, 0.6) is 11.5 Å². The molecule has 2 aromatic carbocycles. The lowest BCUT2D eigenvalue weighted by atomic mass is 10.1. The zero-order chi connectivity index (χ0) is 22.5. The Kier molecular flexibility index (Phi) is 6.72. The molecule has 1 N–H and O–H groups in total.